The van der Waals surface area contributed by atoms with Gasteiger partial charge in [-0.25, -0.2) is 0 Å². The summed E-state index contributed by atoms with van der Waals surface area (Å²) < 4.78 is 5.50. The van der Waals surface area contributed by atoms with Crippen molar-refractivity contribution in [1.82, 2.24) is 0 Å². The molecule has 3 unspecified atom stereocenters. The lowest BCUT2D eigenvalue weighted by atomic mass is 9.79. The molecule has 0 aliphatic heterocycles. The minimum Gasteiger partial charge on any atom is -0.481 e. The molecule has 0 bridgehead atoms. The van der Waals surface area contributed by atoms with Gasteiger partial charge < -0.3 is 9.84 Å². The van der Waals surface area contributed by atoms with E-state index in [0.717, 1.165) is 25.7 Å². The summed E-state index contributed by atoms with van der Waals surface area (Å²) in [5, 5.41) is 9.23. The van der Waals surface area contributed by atoms with Crippen LogP contribution in [0.25, 0.3) is 0 Å². The summed E-state index contributed by atoms with van der Waals surface area (Å²) in [5.41, 5.74) is 0. The van der Waals surface area contributed by atoms with Gasteiger partial charge in [0.15, 0.2) is 0 Å². The molecule has 1 N–H and O–H groups in total. The molecule has 4 heteroatoms. The van der Waals surface area contributed by atoms with E-state index in [2.05, 4.69) is 6.92 Å². The fraction of sp³-hybridized carbons (Fsp3) is 0.889. The highest BCUT2D eigenvalue weighted by Gasteiger charge is 2.37. The number of hydrogen-bond donors (Lipinski definition) is 1. The molecule has 4 nitrogen and oxygen atoms in total. The number of aliphatic carboxylic acids is 1. The van der Waals surface area contributed by atoms with E-state index in [1.54, 1.807) is 0 Å². The van der Waals surface area contributed by atoms with Crippen LogP contribution in [-0.2, 0) is 14.3 Å². The maximum atomic E-state index is 12.2. The molecule has 0 spiro atoms. The van der Waals surface area contributed by atoms with Crippen LogP contribution in [0, 0.1) is 11.8 Å². The van der Waals surface area contributed by atoms with Crippen LogP contribution in [0.15, 0.2) is 0 Å². The molecule has 1 rings (SSSR count). The zero-order valence-corrected chi connectivity index (χ0v) is 14.2. The Bertz CT molecular complexity index is 340. The summed E-state index contributed by atoms with van der Waals surface area (Å²) in [7, 11) is 0. The van der Waals surface area contributed by atoms with E-state index < -0.39 is 17.8 Å². The summed E-state index contributed by atoms with van der Waals surface area (Å²) in [4.78, 5) is 23.5. The minimum atomic E-state index is -0.856. The van der Waals surface area contributed by atoms with Gasteiger partial charge >= 0.3 is 11.9 Å². The first kappa shape index (κ1) is 19.0. The molecule has 1 aliphatic rings. The Hall–Kier alpha value is -1.06. The zero-order chi connectivity index (χ0) is 16.4. The molecule has 0 heterocycles. The summed E-state index contributed by atoms with van der Waals surface area (Å²) in [5.74, 6) is -2.16. The largest absolute Gasteiger partial charge is 0.481 e. The van der Waals surface area contributed by atoms with Crippen LogP contribution in [0.2, 0.25) is 0 Å². The summed E-state index contributed by atoms with van der Waals surface area (Å²) in [6.45, 7) is 4.12. The fourth-order valence-corrected chi connectivity index (χ4v) is 3.27. The number of esters is 1. The van der Waals surface area contributed by atoms with Crippen LogP contribution in [0.5, 0.6) is 0 Å². The Balaban J connectivity index is 2.26. The van der Waals surface area contributed by atoms with Crippen molar-refractivity contribution >= 4 is 11.9 Å². The summed E-state index contributed by atoms with van der Waals surface area (Å²) in [6.07, 6.45) is 11.2. The van der Waals surface area contributed by atoms with Gasteiger partial charge in [0.1, 0.15) is 0 Å². The van der Waals surface area contributed by atoms with Crippen molar-refractivity contribution in [2.45, 2.75) is 90.6 Å². The highest BCUT2D eigenvalue weighted by atomic mass is 16.5. The van der Waals surface area contributed by atoms with Gasteiger partial charge in [0.25, 0.3) is 0 Å². The third-order valence-electron chi connectivity index (χ3n) is 4.67. The average molecular weight is 312 g/mol. The van der Waals surface area contributed by atoms with Gasteiger partial charge in [-0.2, -0.15) is 0 Å². The maximum Gasteiger partial charge on any atom is 0.310 e. The molecule has 0 aromatic rings. The van der Waals surface area contributed by atoms with E-state index in [0.29, 0.717) is 12.8 Å². The van der Waals surface area contributed by atoms with E-state index in [1.165, 1.54) is 32.1 Å². The molecule has 1 fully saturated rings. The van der Waals surface area contributed by atoms with E-state index in [4.69, 9.17) is 4.74 Å². The standard InChI is InChI=1S/C18H32O4/c1-3-4-5-6-7-8-11-14(2)22-18(21)16-13-10-9-12-15(16)17(19)20/h14-16H,3-13H2,1-2H3,(H,19,20). The molecule has 22 heavy (non-hydrogen) atoms. The number of carboxylic acid groups (broad SMARTS) is 1. The second kappa shape index (κ2) is 10.6. The number of carboxylic acids is 1. The molecular formula is C18H32O4. The van der Waals surface area contributed by atoms with Crippen molar-refractivity contribution in [3.8, 4) is 0 Å². The van der Waals surface area contributed by atoms with Gasteiger partial charge in [-0.3, -0.25) is 9.59 Å². The van der Waals surface area contributed by atoms with Crippen LogP contribution in [-0.4, -0.2) is 23.1 Å². The van der Waals surface area contributed by atoms with Crippen molar-refractivity contribution in [2.24, 2.45) is 11.8 Å². The van der Waals surface area contributed by atoms with E-state index in [1.807, 2.05) is 6.92 Å². The van der Waals surface area contributed by atoms with Crippen molar-refractivity contribution in [1.29, 1.82) is 0 Å². The van der Waals surface area contributed by atoms with Crippen LogP contribution in [0.3, 0.4) is 0 Å². The van der Waals surface area contributed by atoms with Crippen LogP contribution in [0.4, 0.5) is 0 Å². The van der Waals surface area contributed by atoms with Crippen LogP contribution >= 0.6 is 0 Å². The molecule has 1 aliphatic carbocycles. The highest BCUT2D eigenvalue weighted by Crippen LogP contribution is 2.31. The molecule has 3 atom stereocenters. The van der Waals surface area contributed by atoms with Crippen LogP contribution < -0.4 is 0 Å². The molecular weight excluding hydrogens is 280 g/mol. The van der Waals surface area contributed by atoms with Gasteiger partial charge in [0, 0.05) is 0 Å². The zero-order valence-electron chi connectivity index (χ0n) is 14.2. The summed E-state index contributed by atoms with van der Waals surface area (Å²) >= 11 is 0. The Morgan fingerprint density at radius 2 is 1.64 bits per heavy atom. The first-order chi connectivity index (χ1) is 10.6. The summed E-state index contributed by atoms with van der Waals surface area (Å²) in [6, 6.07) is 0. The number of carbonyl (C=O) groups is 2. The Kier molecular flexibility index (Phi) is 9.17. The van der Waals surface area contributed by atoms with Crippen molar-refractivity contribution in [3.05, 3.63) is 0 Å². The number of rotatable bonds is 10. The number of unbranched alkanes of at least 4 members (excludes halogenated alkanes) is 5. The lowest BCUT2D eigenvalue weighted by molar-refractivity contribution is -0.163. The molecule has 0 radical (unpaired) electrons. The topological polar surface area (TPSA) is 63.6 Å². The smallest absolute Gasteiger partial charge is 0.310 e. The van der Waals surface area contributed by atoms with Gasteiger partial charge in [0.05, 0.1) is 17.9 Å². The number of ether oxygens (including phenoxy) is 1. The Morgan fingerprint density at radius 1 is 1.05 bits per heavy atom. The van der Waals surface area contributed by atoms with E-state index >= 15 is 0 Å². The molecule has 0 amide bonds. The van der Waals surface area contributed by atoms with Gasteiger partial charge in [-0.1, -0.05) is 51.9 Å². The van der Waals surface area contributed by atoms with Crippen molar-refractivity contribution in [3.63, 3.8) is 0 Å². The third kappa shape index (κ3) is 6.80. The second-order valence-corrected chi connectivity index (χ2v) is 6.64. The molecule has 0 aromatic carbocycles. The van der Waals surface area contributed by atoms with Gasteiger partial charge in [-0.05, 0) is 32.6 Å². The lowest BCUT2D eigenvalue weighted by Gasteiger charge is -2.28. The maximum absolute atomic E-state index is 12.2. The Morgan fingerprint density at radius 3 is 2.27 bits per heavy atom. The van der Waals surface area contributed by atoms with E-state index in [-0.39, 0.29) is 12.1 Å². The molecule has 0 aromatic heterocycles. The van der Waals surface area contributed by atoms with Crippen molar-refractivity contribution in [2.75, 3.05) is 0 Å². The van der Waals surface area contributed by atoms with Crippen molar-refractivity contribution < 1.29 is 19.4 Å². The van der Waals surface area contributed by atoms with E-state index in [9.17, 15) is 14.7 Å². The van der Waals surface area contributed by atoms with Crippen LogP contribution in [0.1, 0.15) is 84.5 Å². The molecule has 128 valence electrons. The van der Waals surface area contributed by atoms with Gasteiger partial charge in [-0.15, -0.1) is 0 Å². The normalized spacial score (nSPS) is 23.0. The van der Waals surface area contributed by atoms with Gasteiger partial charge in [0.2, 0.25) is 0 Å². The predicted molar refractivity (Wildman–Crippen MR) is 86.6 cm³/mol. The number of carbonyl (C=O) groups excluding carboxylic acids is 1. The SMILES string of the molecule is CCCCCCCCC(C)OC(=O)C1CCCCC1C(=O)O. The Labute approximate surface area is 134 Å². The predicted octanol–water partition coefficient (Wildman–Crippen LogP) is 4.56. The lowest BCUT2D eigenvalue weighted by Crippen LogP contribution is -2.35. The quantitative estimate of drug-likeness (QED) is 0.474. The molecule has 0 saturated heterocycles. The third-order valence-corrected chi connectivity index (χ3v) is 4.67. The monoisotopic (exact) mass is 312 g/mol. The minimum absolute atomic E-state index is 0.102. The fourth-order valence-electron chi connectivity index (χ4n) is 3.27. The first-order valence-corrected chi connectivity index (χ1v) is 8.99. The first-order valence-electron chi connectivity index (χ1n) is 8.99. The average Bonchev–Trinajstić information content (AvgIpc) is 2.50. The second-order valence-electron chi connectivity index (χ2n) is 6.64. The molecule has 1 saturated carbocycles. The number of hydrogen-bond acceptors (Lipinski definition) is 3. The highest BCUT2D eigenvalue weighted by molar-refractivity contribution is 5.81.